The van der Waals surface area contributed by atoms with E-state index in [1.807, 2.05) is 0 Å². The van der Waals surface area contributed by atoms with Gasteiger partial charge in [-0.2, -0.15) is 0 Å². The average Bonchev–Trinajstić information content (AvgIpc) is 2.80. The predicted octanol–water partition coefficient (Wildman–Crippen LogP) is 2.59. The van der Waals surface area contributed by atoms with Gasteiger partial charge in [0.25, 0.3) is 0 Å². The summed E-state index contributed by atoms with van der Waals surface area (Å²) in [7, 11) is 1.33. The molecule has 1 saturated heterocycles. The Hall–Kier alpha value is -0.850. The number of hydrogen-bond acceptors (Lipinski definition) is 6. The normalized spacial score (nSPS) is 23.5. The molecule has 1 aromatic rings. The molecule has 0 spiro atoms. The quantitative estimate of drug-likeness (QED) is 0.803. The molecule has 1 unspecified atom stereocenters. The van der Waals surface area contributed by atoms with Gasteiger partial charge in [-0.15, -0.1) is 0 Å². The second kappa shape index (κ2) is 5.64. The minimum atomic E-state index is -0.444. The summed E-state index contributed by atoms with van der Waals surface area (Å²) in [5, 5.41) is 0.949. The van der Waals surface area contributed by atoms with Crippen molar-refractivity contribution in [1.29, 1.82) is 0 Å². The van der Waals surface area contributed by atoms with Crippen LogP contribution < -0.4 is 4.90 Å². The standard InChI is InChI=1S/C12H17ClN2O3S/c1-4-12(2)7-15(5-6-18-12)11-14-9(13)8(19-11)10(16)17-3/h4-7H2,1-3H3. The van der Waals surface area contributed by atoms with E-state index in [1.165, 1.54) is 18.4 Å². The van der Waals surface area contributed by atoms with E-state index in [0.717, 1.165) is 24.6 Å². The highest BCUT2D eigenvalue weighted by molar-refractivity contribution is 7.18. The molecule has 0 saturated carbocycles. The van der Waals surface area contributed by atoms with Gasteiger partial charge in [-0.25, -0.2) is 9.78 Å². The topological polar surface area (TPSA) is 51.7 Å². The van der Waals surface area contributed by atoms with Crippen molar-refractivity contribution >= 4 is 34.0 Å². The third-order valence-electron chi connectivity index (χ3n) is 3.30. The fourth-order valence-electron chi connectivity index (χ4n) is 1.95. The lowest BCUT2D eigenvalue weighted by Crippen LogP contribution is -2.49. The number of anilines is 1. The SMILES string of the molecule is CCC1(C)CN(c2nc(Cl)c(C(=O)OC)s2)CCO1. The molecule has 0 radical (unpaired) electrons. The van der Waals surface area contributed by atoms with E-state index >= 15 is 0 Å². The molecule has 0 amide bonds. The highest BCUT2D eigenvalue weighted by Gasteiger charge is 2.32. The maximum atomic E-state index is 11.5. The van der Waals surface area contributed by atoms with Crippen LogP contribution in [0.3, 0.4) is 0 Å². The van der Waals surface area contributed by atoms with Crippen molar-refractivity contribution in [2.75, 3.05) is 31.7 Å². The molecule has 19 heavy (non-hydrogen) atoms. The lowest BCUT2D eigenvalue weighted by molar-refractivity contribution is -0.0441. The van der Waals surface area contributed by atoms with Crippen molar-refractivity contribution < 1.29 is 14.3 Å². The summed E-state index contributed by atoms with van der Waals surface area (Å²) >= 11 is 7.25. The Labute approximate surface area is 121 Å². The molecule has 1 atom stereocenters. The molecular formula is C12H17ClN2O3S. The van der Waals surface area contributed by atoms with Gasteiger partial charge < -0.3 is 14.4 Å². The minimum absolute atomic E-state index is 0.179. The number of nitrogens with zero attached hydrogens (tertiary/aromatic N) is 2. The fourth-order valence-corrected chi connectivity index (χ4v) is 3.18. The van der Waals surface area contributed by atoms with Gasteiger partial charge in [-0.3, -0.25) is 0 Å². The molecule has 0 bridgehead atoms. The second-order valence-corrected chi connectivity index (χ2v) is 6.02. The number of rotatable bonds is 3. The number of ether oxygens (including phenoxy) is 2. The number of methoxy groups -OCH3 is 1. The zero-order valence-electron chi connectivity index (χ0n) is 11.2. The van der Waals surface area contributed by atoms with Gasteiger partial charge in [0.1, 0.15) is 0 Å². The van der Waals surface area contributed by atoms with Crippen LogP contribution in [0, 0.1) is 0 Å². The monoisotopic (exact) mass is 304 g/mol. The number of esters is 1. The highest BCUT2D eigenvalue weighted by Crippen LogP contribution is 2.33. The van der Waals surface area contributed by atoms with Gasteiger partial charge >= 0.3 is 5.97 Å². The van der Waals surface area contributed by atoms with E-state index in [9.17, 15) is 4.79 Å². The van der Waals surface area contributed by atoms with Crippen LogP contribution in [0.1, 0.15) is 29.9 Å². The summed E-state index contributed by atoms with van der Waals surface area (Å²) in [6.07, 6.45) is 0.923. The van der Waals surface area contributed by atoms with Gasteiger partial charge in [-0.05, 0) is 13.3 Å². The predicted molar refractivity (Wildman–Crippen MR) is 75.3 cm³/mol. The molecule has 7 heteroatoms. The van der Waals surface area contributed by atoms with Crippen LogP contribution in [0.25, 0.3) is 0 Å². The first-order chi connectivity index (χ1) is 8.99. The Bertz CT molecular complexity index is 480. The summed E-state index contributed by atoms with van der Waals surface area (Å²) in [6.45, 7) is 6.32. The largest absolute Gasteiger partial charge is 0.465 e. The number of carbonyl (C=O) groups excluding carboxylic acids is 1. The van der Waals surface area contributed by atoms with Crippen LogP contribution in [0.5, 0.6) is 0 Å². The first-order valence-corrected chi connectivity index (χ1v) is 7.32. The Morgan fingerprint density at radius 3 is 3.05 bits per heavy atom. The van der Waals surface area contributed by atoms with Crippen LogP contribution >= 0.6 is 22.9 Å². The van der Waals surface area contributed by atoms with Crippen LogP contribution in [0.2, 0.25) is 5.15 Å². The highest BCUT2D eigenvalue weighted by atomic mass is 35.5. The Morgan fingerprint density at radius 1 is 1.68 bits per heavy atom. The lowest BCUT2D eigenvalue weighted by Gasteiger charge is -2.39. The first-order valence-electron chi connectivity index (χ1n) is 6.12. The molecule has 0 aromatic carbocycles. The smallest absolute Gasteiger partial charge is 0.351 e. The zero-order chi connectivity index (χ0) is 14.0. The molecule has 2 heterocycles. The van der Waals surface area contributed by atoms with E-state index in [1.54, 1.807) is 0 Å². The second-order valence-electron chi connectivity index (χ2n) is 4.68. The van der Waals surface area contributed by atoms with Crippen molar-refractivity contribution in [3.63, 3.8) is 0 Å². The summed E-state index contributed by atoms with van der Waals surface area (Å²) in [4.78, 5) is 18.2. The van der Waals surface area contributed by atoms with Crippen LogP contribution in [-0.4, -0.2) is 43.4 Å². The van der Waals surface area contributed by atoms with Gasteiger partial charge in [-0.1, -0.05) is 29.9 Å². The van der Waals surface area contributed by atoms with Crippen molar-refractivity contribution in [3.05, 3.63) is 10.0 Å². The molecular weight excluding hydrogens is 288 g/mol. The zero-order valence-corrected chi connectivity index (χ0v) is 12.8. The van der Waals surface area contributed by atoms with Gasteiger partial charge in [0.15, 0.2) is 15.2 Å². The molecule has 0 N–H and O–H groups in total. The number of hydrogen-bond donors (Lipinski definition) is 0. The molecule has 106 valence electrons. The number of halogens is 1. The summed E-state index contributed by atoms with van der Waals surface area (Å²) in [6, 6.07) is 0. The van der Waals surface area contributed by atoms with Crippen molar-refractivity contribution in [1.82, 2.24) is 4.98 Å². The van der Waals surface area contributed by atoms with E-state index in [-0.39, 0.29) is 10.8 Å². The fraction of sp³-hybridized carbons (Fsp3) is 0.667. The maximum absolute atomic E-state index is 11.5. The minimum Gasteiger partial charge on any atom is -0.465 e. The summed E-state index contributed by atoms with van der Waals surface area (Å²) in [5.74, 6) is -0.444. The Balaban J connectivity index is 2.20. The summed E-state index contributed by atoms with van der Waals surface area (Å²) < 4.78 is 10.5. The van der Waals surface area contributed by atoms with E-state index < -0.39 is 5.97 Å². The number of carbonyl (C=O) groups is 1. The maximum Gasteiger partial charge on any atom is 0.351 e. The Kier molecular flexibility index (Phi) is 4.32. The average molecular weight is 305 g/mol. The van der Waals surface area contributed by atoms with Crippen LogP contribution in [-0.2, 0) is 9.47 Å². The van der Waals surface area contributed by atoms with Crippen molar-refractivity contribution in [2.45, 2.75) is 25.9 Å². The van der Waals surface area contributed by atoms with E-state index in [2.05, 4.69) is 28.5 Å². The van der Waals surface area contributed by atoms with Gasteiger partial charge in [0, 0.05) is 13.1 Å². The molecule has 2 rings (SSSR count). The summed E-state index contributed by atoms with van der Waals surface area (Å²) in [5.41, 5.74) is -0.179. The molecule has 5 nitrogen and oxygen atoms in total. The van der Waals surface area contributed by atoms with E-state index in [4.69, 9.17) is 16.3 Å². The van der Waals surface area contributed by atoms with Gasteiger partial charge in [0.05, 0.1) is 19.3 Å². The number of aromatic nitrogens is 1. The third-order valence-corrected chi connectivity index (χ3v) is 4.78. The molecule has 1 fully saturated rings. The van der Waals surface area contributed by atoms with E-state index in [0.29, 0.717) is 11.5 Å². The van der Waals surface area contributed by atoms with Crippen LogP contribution in [0.15, 0.2) is 0 Å². The van der Waals surface area contributed by atoms with Gasteiger partial charge in [0.2, 0.25) is 0 Å². The number of thiazole rings is 1. The molecule has 1 aliphatic rings. The molecule has 1 aromatic heterocycles. The first kappa shape index (κ1) is 14.6. The van der Waals surface area contributed by atoms with Crippen molar-refractivity contribution in [2.24, 2.45) is 0 Å². The molecule has 1 aliphatic heterocycles. The molecule has 0 aliphatic carbocycles. The Morgan fingerprint density at radius 2 is 2.42 bits per heavy atom. The third kappa shape index (κ3) is 3.01. The van der Waals surface area contributed by atoms with Crippen LogP contribution in [0.4, 0.5) is 5.13 Å². The lowest BCUT2D eigenvalue weighted by atomic mass is 10.0. The number of morpholine rings is 1. The van der Waals surface area contributed by atoms with Crippen molar-refractivity contribution in [3.8, 4) is 0 Å².